The van der Waals surface area contributed by atoms with Gasteiger partial charge in [0.1, 0.15) is 11.5 Å². The molecule has 0 atom stereocenters. The van der Waals surface area contributed by atoms with E-state index in [1.54, 1.807) is 35.1 Å². The molecule has 228 valence electrons. The van der Waals surface area contributed by atoms with Crippen LogP contribution in [0.5, 0.6) is 0 Å². The Morgan fingerprint density at radius 3 is 2.11 bits per heavy atom. The average molecular weight is 619 g/mol. The molecule has 9 nitrogen and oxygen atoms in total. The number of nitrogens with one attached hydrogen (secondary N) is 2. The Kier molecular flexibility index (Phi) is 7.54. The van der Waals surface area contributed by atoms with E-state index in [0.717, 1.165) is 45.0 Å². The number of carbonyl (C=O) groups is 1. The summed E-state index contributed by atoms with van der Waals surface area (Å²) in [7, 11) is -3.25. The van der Waals surface area contributed by atoms with Gasteiger partial charge in [0.2, 0.25) is 0 Å². The van der Waals surface area contributed by atoms with Gasteiger partial charge in [-0.05, 0) is 66.6 Å². The molecule has 45 heavy (non-hydrogen) atoms. The maximum atomic E-state index is 13.1. The summed E-state index contributed by atoms with van der Waals surface area (Å²) in [5.74, 6) is 0.578. The molecule has 3 aromatic heterocycles. The number of amides is 2. The quantitative estimate of drug-likeness (QED) is 0.201. The van der Waals surface area contributed by atoms with E-state index in [1.807, 2.05) is 84.3 Å². The van der Waals surface area contributed by atoms with Crippen molar-refractivity contribution in [2.75, 3.05) is 16.9 Å². The molecule has 0 spiro atoms. The van der Waals surface area contributed by atoms with E-state index in [2.05, 4.69) is 36.4 Å². The maximum Gasteiger partial charge on any atom is 0.324 e. The highest BCUT2D eigenvalue weighted by atomic mass is 32.2. The Morgan fingerprint density at radius 1 is 0.800 bits per heavy atom. The van der Waals surface area contributed by atoms with E-state index in [-0.39, 0.29) is 16.3 Å². The van der Waals surface area contributed by atoms with Gasteiger partial charge in [0.05, 0.1) is 28.2 Å². The Hall–Kier alpha value is -5.22. The molecule has 6 rings (SSSR count). The zero-order valence-corrected chi connectivity index (χ0v) is 26.6. The second-order valence-corrected chi connectivity index (χ2v) is 14.2. The lowest BCUT2D eigenvalue weighted by Crippen LogP contribution is -2.21. The van der Waals surface area contributed by atoms with Crippen molar-refractivity contribution in [3.8, 4) is 28.1 Å². The first kappa shape index (κ1) is 29.8. The summed E-state index contributed by atoms with van der Waals surface area (Å²) < 4.78 is 27.3. The van der Waals surface area contributed by atoms with Crippen LogP contribution in [0.4, 0.5) is 16.3 Å². The number of hydrogen-bond donors (Lipinski definition) is 2. The van der Waals surface area contributed by atoms with Crippen molar-refractivity contribution < 1.29 is 13.2 Å². The molecule has 3 aromatic carbocycles. The van der Waals surface area contributed by atoms with Gasteiger partial charge in [0, 0.05) is 35.2 Å². The number of rotatable bonds is 6. The van der Waals surface area contributed by atoms with Gasteiger partial charge in [-0.15, -0.1) is 0 Å². The van der Waals surface area contributed by atoms with Crippen LogP contribution in [0.3, 0.4) is 0 Å². The van der Waals surface area contributed by atoms with Crippen LogP contribution in [0.2, 0.25) is 0 Å². The molecule has 0 bridgehead atoms. The Morgan fingerprint density at radius 2 is 1.47 bits per heavy atom. The molecule has 2 N–H and O–H groups in total. The molecule has 6 aromatic rings. The summed E-state index contributed by atoms with van der Waals surface area (Å²) in [5.41, 5.74) is 7.76. The Balaban J connectivity index is 1.18. The third-order valence-corrected chi connectivity index (χ3v) is 8.69. The number of pyridine rings is 1. The van der Waals surface area contributed by atoms with Crippen molar-refractivity contribution in [1.29, 1.82) is 0 Å². The van der Waals surface area contributed by atoms with Crippen LogP contribution in [0, 0.1) is 6.92 Å². The summed E-state index contributed by atoms with van der Waals surface area (Å²) in [6.45, 7) is 8.29. The molecule has 3 heterocycles. The van der Waals surface area contributed by atoms with E-state index in [4.69, 9.17) is 5.10 Å². The summed E-state index contributed by atoms with van der Waals surface area (Å²) in [6.07, 6.45) is 4.95. The van der Waals surface area contributed by atoms with Gasteiger partial charge in [0.25, 0.3) is 0 Å². The molecule has 0 aliphatic carbocycles. The molecule has 2 amide bonds. The Bertz CT molecular complexity index is 2120. The standard InChI is InChI=1S/C35H34N6O3S/c1-23-6-14-28(15-7-23)41-33(21-31(39-41)35(2,3)4)38-34(42)37-27-12-8-25(9-13-27)30-22-36-32-20-26(18-19-40(30)32)24-10-16-29(17-11-24)45(5,43)44/h6-22H,1-5H3,(H2,37,38,42). The van der Waals surface area contributed by atoms with Crippen molar-refractivity contribution in [2.45, 2.75) is 38.0 Å². The van der Waals surface area contributed by atoms with Crippen LogP contribution in [0.15, 0.2) is 108 Å². The lowest BCUT2D eigenvalue weighted by Gasteiger charge is -2.14. The highest BCUT2D eigenvalue weighted by Crippen LogP contribution is 2.29. The number of urea groups is 1. The number of benzene rings is 3. The van der Waals surface area contributed by atoms with Gasteiger partial charge in [-0.2, -0.15) is 5.10 Å². The largest absolute Gasteiger partial charge is 0.324 e. The minimum Gasteiger partial charge on any atom is -0.308 e. The van der Waals surface area contributed by atoms with E-state index >= 15 is 0 Å². The van der Waals surface area contributed by atoms with Crippen LogP contribution in [0.1, 0.15) is 32.0 Å². The second kappa shape index (κ2) is 11.4. The summed E-state index contributed by atoms with van der Waals surface area (Å²) >= 11 is 0. The lowest BCUT2D eigenvalue weighted by atomic mass is 9.92. The van der Waals surface area contributed by atoms with Crippen LogP contribution < -0.4 is 10.6 Å². The molecule has 0 fully saturated rings. The second-order valence-electron chi connectivity index (χ2n) is 12.2. The minimum absolute atomic E-state index is 0.191. The number of imidazole rings is 1. The normalized spacial score (nSPS) is 11.9. The summed E-state index contributed by atoms with van der Waals surface area (Å²) in [4.78, 5) is 18.0. The molecule has 0 saturated carbocycles. The summed E-state index contributed by atoms with van der Waals surface area (Å²) in [6, 6.07) is 27.9. The van der Waals surface area contributed by atoms with Crippen LogP contribution in [-0.4, -0.2) is 39.9 Å². The van der Waals surface area contributed by atoms with Gasteiger partial charge < -0.3 is 5.32 Å². The zero-order valence-electron chi connectivity index (χ0n) is 25.7. The molecule has 0 saturated heterocycles. The molecule has 0 aliphatic heterocycles. The number of hydrogen-bond acceptors (Lipinski definition) is 5. The van der Waals surface area contributed by atoms with Crippen molar-refractivity contribution in [2.24, 2.45) is 0 Å². The van der Waals surface area contributed by atoms with Gasteiger partial charge in [-0.3, -0.25) is 9.72 Å². The monoisotopic (exact) mass is 618 g/mol. The van der Waals surface area contributed by atoms with E-state index in [0.29, 0.717) is 11.5 Å². The number of aromatic nitrogens is 4. The highest BCUT2D eigenvalue weighted by molar-refractivity contribution is 7.90. The maximum absolute atomic E-state index is 13.1. The van der Waals surface area contributed by atoms with E-state index < -0.39 is 9.84 Å². The SMILES string of the molecule is Cc1ccc(-n2nc(C(C)(C)C)cc2NC(=O)Nc2ccc(-c3cnc4cc(-c5ccc(S(C)(=O)=O)cc5)ccn34)cc2)cc1. The van der Waals surface area contributed by atoms with Crippen LogP contribution >= 0.6 is 0 Å². The van der Waals surface area contributed by atoms with Gasteiger partial charge in [-0.1, -0.05) is 62.7 Å². The summed E-state index contributed by atoms with van der Waals surface area (Å²) in [5, 5.41) is 10.7. The average Bonchev–Trinajstić information content (AvgIpc) is 3.62. The molecule has 10 heteroatoms. The third kappa shape index (κ3) is 6.37. The van der Waals surface area contributed by atoms with E-state index in [9.17, 15) is 13.2 Å². The smallest absolute Gasteiger partial charge is 0.308 e. The van der Waals surface area contributed by atoms with Crippen molar-refractivity contribution in [3.63, 3.8) is 0 Å². The first-order valence-electron chi connectivity index (χ1n) is 14.5. The number of sulfone groups is 1. The molecule has 0 unspecified atom stereocenters. The zero-order chi connectivity index (χ0) is 31.9. The predicted molar refractivity (Wildman–Crippen MR) is 179 cm³/mol. The van der Waals surface area contributed by atoms with Gasteiger partial charge in [-0.25, -0.2) is 22.9 Å². The number of anilines is 2. The number of aryl methyl sites for hydroxylation is 1. The number of fused-ring (bicyclic) bond motifs is 1. The lowest BCUT2D eigenvalue weighted by molar-refractivity contribution is 0.262. The fourth-order valence-electron chi connectivity index (χ4n) is 4.99. The number of carbonyl (C=O) groups excluding carboxylic acids is 1. The molecular weight excluding hydrogens is 584 g/mol. The molecule has 0 aliphatic rings. The molecule has 0 radical (unpaired) electrons. The third-order valence-electron chi connectivity index (χ3n) is 7.57. The van der Waals surface area contributed by atoms with Gasteiger partial charge >= 0.3 is 6.03 Å². The first-order chi connectivity index (χ1) is 21.3. The van der Waals surface area contributed by atoms with E-state index in [1.165, 1.54) is 6.26 Å². The van der Waals surface area contributed by atoms with Crippen molar-refractivity contribution in [1.82, 2.24) is 19.2 Å². The minimum atomic E-state index is -3.25. The van der Waals surface area contributed by atoms with Crippen LogP contribution in [0.25, 0.3) is 33.7 Å². The number of nitrogens with zero attached hydrogens (tertiary/aromatic N) is 4. The predicted octanol–water partition coefficient (Wildman–Crippen LogP) is 7.51. The van der Waals surface area contributed by atoms with Gasteiger partial charge in [0.15, 0.2) is 9.84 Å². The first-order valence-corrected chi connectivity index (χ1v) is 16.4. The highest BCUT2D eigenvalue weighted by Gasteiger charge is 2.21. The fourth-order valence-corrected chi connectivity index (χ4v) is 5.62. The fraction of sp³-hybridized carbons (Fsp3) is 0.171. The Labute approximate surface area is 262 Å². The topological polar surface area (TPSA) is 110 Å². The molecular formula is C35H34N6O3S. The van der Waals surface area contributed by atoms with Crippen LogP contribution in [-0.2, 0) is 15.3 Å². The van der Waals surface area contributed by atoms with Crippen molar-refractivity contribution in [3.05, 3.63) is 115 Å². The van der Waals surface area contributed by atoms with Crippen molar-refractivity contribution >= 4 is 33.0 Å².